The molecule has 3 rings (SSSR count). The second-order valence-electron chi connectivity index (χ2n) is 5.63. The van der Waals surface area contributed by atoms with Crippen LogP contribution in [0.1, 0.15) is 23.2 Å². The van der Waals surface area contributed by atoms with Gasteiger partial charge in [0, 0.05) is 16.6 Å². The Kier molecular flexibility index (Phi) is 6.24. The topological polar surface area (TPSA) is 41.1 Å². The van der Waals surface area contributed by atoms with E-state index in [2.05, 4.69) is 32.6 Å². The van der Waals surface area contributed by atoms with Crippen LogP contribution in [-0.2, 0) is 0 Å². The maximum absolute atomic E-state index is 12.3. The van der Waals surface area contributed by atoms with Gasteiger partial charge in [0.05, 0.1) is 0 Å². The first-order chi connectivity index (χ1) is 10.2. The predicted octanol–water partition coefficient (Wildman–Crippen LogP) is 3.75. The van der Waals surface area contributed by atoms with E-state index in [0.717, 1.165) is 40.4 Å². The highest BCUT2D eigenvalue weighted by Crippen LogP contribution is 2.21. The monoisotopic (exact) mass is 382 g/mol. The molecular weight excluding hydrogens is 364 g/mol. The summed E-state index contributed by atoms with van der Waals surface area (Å²) >= 11 is 3.46. The summed E-state index contributed by atoms with van der Waals surface area (Å²) in [6.45, 7) is 2.86. The molecule has 3 nitrogen and oxygen atoms in total. The third-order valence-corrected chi connectivity index (χ3v) is 4.51. The van der Waals surface area contributed by atoms with Crippen molar-refractivity contribution in [1.29, 1.82) is 0 Å². The highest BCUT2D eigenvalue weighted by Gasteiger charge is 2.14. The molecule has 2 N–H and O–H groups in total. The Morgan fingerprint density at radius 2 is 2.00 bits per heavy atom. The number of carbonyl (C=O) groups is 1. The number of rotatable bonds is 3. The molecular formula is C17H20BrClN2O. The van der Waals surface area contributed by atoms with E-state index in [1.807, 2.05) is 30.3 Å². The Labute approximate surface area is 145 Å². The van der Waals surface area contributed by atoms with Gasteiger partial charge in [-0.1, -0.05) is 28.1 Å². The van der Waals surface area contributed by atoms with Crippen LogP contribution in [0.15, 0.2) is 40.9 Å². The normalized spacial score (nSPS) is 17.8. The summed E-state index contributed by atoms with van der Waals surface area (Å²) < 4.78 is 1.05. The molecule has 118 valence electrons. The molecule has 0 aromatic heterocycles. The van der Waals surface area contributed by atoms with Gasteiger partial charge >= 0.3 is 0 Å². The van der Waals surface area contributed by atoms with Crippen molar-refractivity contribution in [1.82, 2.24) is 10.6 Å². The number of fused-ring (bicyclic) bond motifs is 1. The zero-order chi connectivity index (χ0) is 14.7. The molecule has 22 heavy (non-hydrogen) atoms. The van der Waals surface area contributed by atoms with Crippen LogP contribution in [0.25, 0.3) is 10.8 Å². The second-order valence-corrected chi connectivity index (χ2v) is 6.54. The largest absolute Gasteiger partial charge is 0.352 e. The van der Waals surface area contributed by atoms with E-state index in [-0.39, 0.29) is 18.3 Å². The van der Waals surface area contributed by atoms with Crippen LogP contribution in [0.2, 0.25) is 0 Å². The van der Waals surface area contributed by atoms with Gasteiger partial charge in [-0.05, 0) is 66.9 Å². The molecule has 0 aliphatic carbocycles. The van der Waals surface area contributed by atoms with Gasteiger partial charge < -0.3 is 10.6 Å². The van der Waals surface area contributed by atoms with Crippen molar-refractivity contribution in [3.8, 4) is 0 Å². The van der Waals surface area contributed by atoms with Gasteiger partial charge in [0.15, 0.2) is 0 Å². The van der Waals surface area contributed by atoms with Gasteiger partial charge in [-0.3, -0.25) is 4.79 Å². The van der Waals surface area contributed by atoms with Gasteiger partial charge in [0.2, 0.25) is 0 Å². The summed E-state index contributed by atoms with van der Waals surface area (Å²) in [5.74, 6) is 0.574. The summed E-state index contributed by atoms with van der Waals surface area (Å²) in [4.78, 5) is 12.3. The number of amides is 1. The maximum atomic E-state index is 12.3. The minimum absolute atomic E-state index is 0. The fourth-order valence-corrected chi connectivity index (χ4v) is 3.17. The van der Waals surface area contributed by atoms with Crippen molar-refractivity contribution in [2.75, 3.05) is 19.6 Å². The summed E-state index contributed by atoms with van der Waals surface area (Å²) in [5.41, 5.74) is 0.730. The van der Waals surface area contributed by atoms with Crippen LogP contribution in [-0.4, -0.2) is 25.5 Å². The van der Waals surface area contributed by atoms with Crippen molar-refractivity contribution in [2.24, 2.45) is 5.92 Å². The molecule has 1 amide bonds. The lowest BCUT2D eigenvalue weighted by Gasteiger charge is -2.22. The van der Waals surface area contributed by atoms with E-state index in [1.54, 1.807) is 0 Å². The molecule has 0 radical (unpaired) electrons. The molecule has 1 fully saturated rings. The first kappa shape index (κ1) is 17.3. The molecule has 1 aliphatic rings. The van der Waals surface area contributed by atoms with E-state index in [9.17, 15) is 4.79 Å². The predicted molar refractivity (Wildman–Crippen MR) is 96.8 cm³/mol. The van der Waals surface area contributed by atoms with E-state index >= 15 is 0 Å². The van der Waals surface area contributed by atoms with Gasteiger partial charge in [-0.2, -0.15) is 0 Å². The van der Waals surface area contributed by atoms with E-state index in [4.69, 9.17) is 0 Å². The van der Waals surface area contributed by atoms with E-state index < -0.39 is 0 Å². The quantitative estimate of drug-likeness (QED) is 0.847. The zero-order valence-electron chi connectivity index (χ0n) is 12.3. The highest BCUT2D eigenvalue weighted by molar-refractivity contribution is 9.10. The Morgan fingerprint density at radius 3 is 2.77 bits per heavy atom. The molecule has 2 aromatic rings. The van der Waals surface area contributed by atoms with Gasteiger partial charge in [0.25, 0.3) is 5.91 Å². The maximum Gasteiger partial charge on any atom is 0.251 e. The Hall–Kier alpha value is -1.10. The van der Waals surface area contributed by atoms with Crippen LogP contribution >= 0.6 is 28.3 Å². The zero-order valence-corrected chi connectivity index (χ0v) is 14.7. The van der Waals surface area contributed by atoms with Crippen molar-refractivity contribution in [3.05, 3.63) is 46.4 Å². The summed E-state index contributed by atoms with van der Waals surface area (Å²) in [6.07, 6.45) is 2.39. The van der Waals surface area contributed by atoms with E-state index in [0.29, 0.717) is 5.92 Å². The highest BCUT2D eigenvalue weighted by atomic mass is 79.9. The molecule has 1 unspecified atom stereocenters. The Morgan fingerprint density at radius 1 is 1.23 bits per heavy atom. The average molecular weight is 384 g/mol. The van der Waals surface area contributed by atoms with Gasteiger partial charge in [-0.25, -0.2) is 0 Å². The molecule has 1 aliphatic heterocycles. The molecule has 1 heterocycles. The Balaban J connectivity index is 0.00000176. The first-order valence-corrected chi connectivity index (χ1v) is 8.20. The SMILES string of the molecule is Cl.O=C(NCC1CCCNC1)c1ccc2cc(Br)ccc2c1. The third kappa shape index (κ3) is 4.22. The fourth-order valence-electron chi connectivity index (χ4n) is 2.80. The molecule has 5 heteroatoms. The lowest BCUT2D eigenvalue weighted by molar-refractivity contribution is 0.0945. The minimum Gasteiger partial charge on any atom is -0.352 e. The number of hydrogen-bond acceptors (Lipinski definition) is 2. The number of piperidine rings is 1. The molecule has 0 spiro atoms. The lowest BCUT2D eigenvalue weighted by atomic mass is 9.99. The molecule has 2 aromatic carbocycles. The molecule has 1 saturated heterocycles. The van der Waals surface area contributed by atoms with Crippen LogP contribution < -0.4 is 10.6 Å². The van der Waals surface area contributed by atoms with Crippen molar-refractivity contribution in [2.45, 2.75) is 12.8 Å². The minimum atomic E-state index is 0. The third-order valence-electron chi connectivity index (χ3n) is 4.01. The van der Waals surface area contributed by atoms with Crippen molar-refractivity contribution in [3.63, 3.8) is 0 Å². The van der Waals surface area contributed by atoms with Crippen LogP contribution in [0, 0.1) is 5.92 Å². The number of carbonyl (C=O) groups excluding carboxylic acids is 1. The second kappa shape index (κ2) is 7.95. The summed E-state index contributed by atoms with van der Waals surface area (Å²) in [5, 5.41) is 8.65. The van der Waals surface area contributed by atoms with Crippen molar-refractivity contribution < 1.29 is 4.79 Å². The van der Waals surface area contributed by atoms with Crippen LogP contribution in [0.4, 0.5) is 0 Å². The summed E-state index contributed by atoms with van der Waals surface area (Å²) in [7, 11) is 0. The average Bonchev–Trinajstić information content (AvgIpc) is 2.53. The number of nitrogens with one attached hydrogen (secondary N) is 2. The molecule has 1 atom stereocenters. The van der Waals surface area contributed by atoms with Crippen LogP contribution in [0.3, 0.4) is 0 Å². The molecule has 0 saturated carbocycles. The fraction of sp³-hybridized carbons (Fsp3) is 0.353. The Bertz CT molecular complexity index is 656. The number of halogens is 2. The van der Waals surface area contributed by atoms with E-state index in [1.165, 1.54) is 12.8 Å². The standard InChI is InChI=1S/C17H19BrN2O.ClH/c18-16-6-5-13-8-15(4-3-14(13)9-16)17(21)20-11-12-2-1-7-19-10-12;/h3-6,8-9,12,19H,1-2,7,10-11H2,(H,20,21);1H. The lowest BCUT2D eigenvalue weighted by Crippen LogP contribution is -2.38. The number of hydrogen-bond donors (Lipinski definition) is 2. The smallest absolute Gasteiger partial charge is 0.251 e. The molecule has 0 bridgehead atoms. The van der Waals surface area contributed by atoms with Gasteiger partial charge in [-0.15, -0.1) is 12.4 Å². The van der Waals surface area contributed by atoms with Crippen molar-refractivity contribution >= 4 is 45.0 Å². The first-order valence-electron chi connectivity index (χ1n) is 7.40. The van der Waals surface area contributed by atoms with Gasteiger partial charge in [0.1, 0.15) is 0 Å². The summed E-state index contributed by atoms with van der Waals surface area (Å²) in [6, 6.07) is 11.9. The van der Waals surface area contributed by atoms with Crippen LogP contribution in [0.5, 0.6) is 0 Å². The number of benzene rings is 2.